The predicted molar refractivity (Wildman–Crippen MR) is 101 cm³/mol. The molecule has 25 heavy (non-hydrogen) atoms. The summed E-state index contributed by atoms with van der Waals surface area (Å²) in [6.45, 7) is 0. The van der Waals surface area contributed by atoms with E-state index in [2.05, 4.69) is 5.32 Å². The molecule has 1 N–H and O–H groups in total. The van der Waals surface area contributed by atoms with Gasteiger partial charge in [0.25, 0.3) is 11.8 Å². The average molecular weight is 373 g/mol. The lowest BCUT2D eigenvalue weighted by Crippen LogP contribution is -2.54. The lowest BCUT2D eigenvalue weighted by Gasteiger charge is -2.28. The Balaban J connectivity index is 2.00. The van der Waals surface area contributed by atoms with Gasteiger partial charge in [0, 0.05) is 5.02 Å². The Morgan fingerprint density at radius 3 is 2.56 bits per heavy atom. The molecule has 0 aliphatic carbocycles. The van der Waals surface area contributed by atoms with Crippen LogP contribution in [0.5, 0.6) is 5.75 Å². The Labute approximate surface area is 154 Å². The van der Waals surface area contributed by atoms with Crippen LogP contribution in [0.3, 0.4) is 0 Å². The number of nitrogens with one attached hydrogen (secondary N) is 1. The number of carbonyl (C=O) groups excluding carboxylic acids is 2. The highest BCUT2D eigenvalue weighted by Gasteiger charge is 2.34. The molecule has 1 aliphatic rings. The van der Waals surface area contributed by atoms with Crippen LogP contribution < -0.4 is 15.0 Å². The van der Waals surface area contributed by atoms with E-state index in [9.17, 15) is 9.59 Å². The molecule has 0 bridgehead atoms. The lowest BCUT2D eigenvalue weighted by molar-refractivity contribution is -0.122. The maximum absolute atomic E-state index is 12.8. The number of rotatable bonds is 3. The van der Waals surface area contributed by atoms with Crippen molar-refractivity contribution in [2.45, 2.75) is 0 Å². The smallest absolute Gasteiger partial charge is 0.270 e. The van der Waals surface area contributed by atoms with E-state index in [1.54, 1.807) is 55.6 Å². The van der Waals surface area contributed by atoms with E-state index in [0.29, 0.717) is 22.0 Å². The van der Waals surface area contributed by atoms with E-state index >= 15 is 0 Å². The summed E-state index contributed by atoms with van der Waals surface area (Å²) in [5.74, 6) is -0.412. The van der Waals surface area contributed by atoms with E-state index in [0.717, 1.165) is 0 Å². The van der Waals surface area contributed by atoms with Crippen LogP contribution in [0.15, 0.2) is 54.1 Å². The highest BCUT2D eigenvalue weighted by Crippen LogP contribution is 2.24. The number of halogens is 1. The monoisotopic (exact) mass is 372 g/mol. The van der Waals surface area contributed by atoms with Gasteiger partial charge in [-0.25, -0.2) is 0 Å². The van der Waals surface area contributed by atoms with Gasteiger partial charge in [-0.15, -0.1) is 0 Å². The highest BCUT2D eigenvalue weighted by atomic mass is 35.5. The van der Waals surface area contributed by atoms with E-state index in [1.807, 2.05) is 0 Å². The molecule has 2 aromatic rings. The summed E-state index contributed by atoms with van der Waals surface area (Å²) in [6, 6.07) is 13.7. The molecule has 1 heterocycles. The second kappa shape index (κ2) is 7.04. The second-order valence-corrected chi connectivity index (χ2v) is 6.03. The Bertz CT molecular complexity index is 893. The molecule has 0 saturated carbocycles. The van der Waals surface area contributed by atoms with Crippen LogP contribution >= 0.6 is 23.8 Å². The first-order valence-electron chi connectivity index (χ1n) is 7.30. The van der Waals surface area contributed by atoms with E-state index < -0.39 is 11.8 Å². The summed E-state index contributed by atoms with van der Waals surface area (Å²) in [5, 5.41) is 3.10. The zero-order valence-electron chi connectivity index (χ0n) is 13.2. The van der Waals surface area contributed by atoms with Crippen molar-refractivity contribution in [1.82, 2.24) is 5.32 Å². The maximum Gasteiger partial charge on any atom is 0.270 e. The number of benzene rings is 2. The van der Waals surface area contributed by atoms with Gasteiger partial charge in [0.15, 0.2) is 5.11 Å². The first kappa shape index (κ1) is 17.1. The van der Waals surface area contributed by atoms with Gasteiger partial charge in [-0.2, -0.15) is 0 Å². The third-order valence-corrected chi connectivity index (χ3v) is 4.13. The molecular formula is C18H13ClN2O3S. The molecular weight excluding hydrogens is 360 g/mol. The van der Waals surface area contributed by atoms with Gasteiger partial charge in [-0.3, -0.25) is 19.8 Å². The molecule has 0 unspecified atom stereocenters. The van der Waals surface area contributed by atoms with Crippen molar-refractivity contribution in [3.63, 3.8) is 0 Å². The lowest BCUT2D eigenvalue weighted by atomic mass is 10.1. The van der Waals surface area contributed by atoms with Gasteiger partial charge in [0.05, 0.1) is 12.8 Å². The molecule has 2 aromatic carbocycles. The molecule has 1 fully saturated rings. The van der Waals surface area contributed by atoms with Gasteiger partial charge in [-0.1, -0.05) is 23.7 Å². The quantitative estimate of drug-likeness (QED) is 0.510. The number of ether oxygens (including phenoxy) is 1. The number of thiocarbonyl (C=S) groups is 1. The summed E-state index contributed by atoms with van der Waals surface area (Å²) in [7, 11) is 1.55. The molecule has 1 saturated heterocycles. The molecule has 0 radical (unpaired) electrons. The SMILES string of the molecule is COc1cccc(C=C2C(=O)NC(=S)N(c3ccc(Cl)cc3)C2=O)c1. The van der Waals surface area contributed by atoms with Crippen molar-refractivity contribution in [2.24, 2.45) is 0 Å². The average Bonchev–Trinajstić information content (AvgIpc) is 2.60. The van der Waals surface area contributed by atoms with Gasteiger partial charge < -0.3 is 4.74 Å². The van der Waals surface area contributed by atoms with Gasteiger partial charge in [0.1, 0.15) is 11.3 Å². The summed E-state index contributed by atoms with van der Waals surface area (Å²) in [5.41, 5.74) is 1.18. The van der Waals surface area contributed by atoms with Gasteiger partial charge in [-0.05, 0) is 60.3 Å². The van der Waals surface area contributed by atoms with E-state index in [-0.39, 0.29) is 10.7 Å². The summed E-state index contributed by atoms with van der Waals surface area (Å²) in [6.07, 6.45) is 1.50. The number of anilines is 1. The van der Waals surface area contributed by atoms with Crippen molar-refractivity contribution in [2.75, 3.05) is 12.0 Å². The molecule has 0 spiro atoms. The zero-order valence-corrected chi connectivity index (χ0v) is 14.7. The first-order chi connectivity index (χ1) is 12.0. The van der Waals surface area contributed by atoms with E-state index in [1.165, 1.54) is 11.0 Å². The number of hydrogen-bond acceptors (Lipinski definition) is 4. The molecule has 0 aromatic heterocycles. The fourth-order valence-electron chi connectivity index (χ4n) is 2.38. The van der Waals surface area contributed by atoms with Gasteiger partial charge >= 0.3 is 0 Å². The Morgan fingerprint density at radius 1 is 1.16 bits per heavy atom. The number of nitrogens with zero attached hydrogens (tertiary/aromatic N) is 1. The van der Waals surface area contributed by atoms with Crippen LogP contribution in [-0.4, -0.2) is 24.0 Å². The molecule has 2 amide bonds. The summed E-state index contributed by atoms with van der Waals surface area (Å²) in [4.78, 5) is 26.3. The molecule has 5 nitrogen and oxygen atoms in total. The Kier molecular flexibility index (Phi) is 4.83. The number of hydrogen-bond donors (Lipinski definition) is 1. The molecule has 3 rings (SSSR count). The van der Waals surface area contributed by atoms with Crippen molar-refractivity contribution >= 4 is 52.5 Å². The fourth-order valence-corrected chi connectivity index (χ4v) is 2.79. The summed E-state index contributed by atoms with van der Waals surface area (Å²) >= 11 is 11.0. The second-order valence-electron chi connectivity index (χ2n) is 5.21. The maximum atomic E-state index is 12.8. The molecule has 126 valence electrons. The van der Waals surface area contributed by atoms with Crippen molar-refractivity contribution in [3.05, 3.63) is 64.7 Å². The molecule has 0 atom stereocenters. The van der Waals surface area contributed by atoms with Crippen molar-refractivity contribution in [1.29, 1.82) is 0 Å². The third-order valence-electron chi connectivity index (χ3n) is 3.59. The molecule has 1 aliphatic heterocycles. The van der Waals surface area contributed by atoms with Crippen LogP contribution in [-0.2, 0) is 9.59 Å². The standard InChI is InChI=1S/C18H13ClN2O3S/c1-24-14-4-2-3-11(9-14)10-15-16(22)20-18(25)21(17(15)23)13-7-5-12(19)6-8-13/h2-10H,1H3,(H,20,22,25). The predicted octanol–water partition coefficient (Wildman–Crippen LogP) is 3.18. The summed E-state index contributed by atoms with van der Waals surface area (Å²) < 4.78 is 5.16. The van der Waals surface area contributed by atoms with Crippen molar-refractivity contribution < 1.29 is 14.3 Å². The minimum atomic E-state index is -0.539. The third kappa shape index (κ3) is 3.55. The Hall–Kier alpha value is -2.70. The minimum absolute atomic E-state index is 0.0168. The fraction of sp³-hybridized carbons (Fsp3) is 0.0556. The van der Waals surface area contributed by atoms with Crippen LogP contribution in [0.1, 0.15) is 5.56 Å². The topological polar surface area (TPSA) is 58.6 Å². The van der Waals surface area contributed by atoms with Crippen LogP contribution in [0, 0.1) is 0 Å². The number of amides is 2. The van der Waals surface area contributed by atoms with Crippen LogP contribution in [0.2, 0.25) is 5.02 Å². The molecule has 7 heteroatoms. The normalized spacial score (nSPS) is 16.2. The van der Waals surface area contributed by atoms with Crippen molar-refractivity contribution in [3.8, 4) is 5.75 Å². The zero-order chi connectivity index (χ0) is 18.0. The van der Waals surface area contributed by atoms with E-state index in [4.69, 9.17) is 28.6 Å². The first-order valence-corrected chi connectivity index (χ1v) is 8.09. The van der Waals surface area contributed by atoms with Gasteiger partial charge in [0.2, 0.25) is 0 Å². The Morgan fingerprint density at radius 2 is 1.88 bits per heavy atom. The highest BCUT2D eigenvalue weighted by molar-refractivity contribution is 7.80. The number of carbonyl (C=O) groups is 2. The minimum Gasteiger partial charge on any atom is -0.497 e. The largest absolute Gasteiger partial charge is 0.497 e. The van der Waals surface area contributed by atoms with Crippen LogP contribution in [0.25, 0.3) is 6.08 Å². The van der Waals surface area contributed by atoms with Crippen LogP contribution in [0.4, 0.5) is 5.69 Å². The number of methoxy groups -OCH3 is 1.